The smallest absolute Gasteiger partial charge is 0.475 e. The molecule has 12 heteroatoms. The maximum absolute atomic E-state index is 12.6. The molecule has 5 rings (SSSR count). The molecule has 4 heterocycles. The first kappa shape index (κ1) is 23.9. The van der Waals surface area contributed by atoms with E-state index < -0.39 is 12.1 Å². The number of amides is 1. The molecule has 3 aromatic rings. The molecule has 0 aliphatic carbocycles. The van der Waals surface area contributed by atoms with Crippen molar-refractivity contribution in [1.29, 1.82) is 0 Å². The molecule has 1 amide bonds. The number of likely N-dealkylation sites (tertiary alicyclic amines) is 1. The summed E-state index contributed by atoms with van der Waals surface area (Å²) in [6.45, 7) is 2.77. The van der Waals surface area contributed by atoms with Crippen LogP contribution in [-0.4, -0.2) is 55.9 Å². The zero-order chi connectivity index (χ0) is 24.5. The van der Waals surface area contributed by atoms with Gasteiger partial charge in [-0.2, -0.15) is 18.3 Å². The molecule has 1 fully saturated rings. The van der Waals surface area contributed by atoms with Crippen molar-refractivity contribution in [2.75, 3.05) is 13.1 Å². The fourth-order valence-electron chi connectivity index (χ4n) is 4.10. The lowest BCUT2D eigenvalue weighted by atomic mass is 9.86. The highest BCUT2D eigenvalue weighted by Gasteiger charge is 2.47. The van der Waals surface area contributed by atoms with Crippen LogP contribution in [-0.2, 0) is 23.9 Å². The van der Waals surface area contributed by atoms with Crippen molar-refractivity contribution in [1.82, 2.24) is 25.0 Å². The third kappa shape index (κ3) is 4.97. The molecule has 180 valence electrons. The maximum atomic E-state index is 12.6. The second-order valence-corrected chi connectivity index (χ2v) is 9.20. The fraction of sp³-hybridized carbons (Fsp3) is 0.364. The number of aromatic nitrogens is 3. The Morgan fingerprint density at radius 1 is 1.24 bits per heavy atom. The van der Waals surface area contributed by atoms with Crippen molar-refractivity contribution < 1.29 is 27.9 Å². The number of thiazole rings is 1. The zero-order valence-electron chi connectivity index (χ0n) is 18.2. The predicted molar refractivity (Wildman–Crippen MR) is 118 cm³/mol. The number of aryl methyl sites for hydroxylation is 1. The number of carboxylic acid groups (broad SMARTS) is 1. The summed E-state index contributed by atoms with van der Waals surface area (Å²) in [5.74, 6) is -2.72. The Balaban J connectivity index is 0.000000344. The molecule has 34 heavy (non-hydrogen) atoms. The zero-order valence-corrected chi connectivity index (χ0v) is 19.0. The van der Waals surface area contributed by atoms with Crippen molar-refractivity contribution in [3.05, 3.63) is 58.9 Å². The van der Waals surface area contributed by atoms with E-state index in [2.05, 4.69) is 33.6 Å². The van der Waals surface area contributed by atoms with Crippen LogP contribution >= 0.6 is 11.3 Å². The van der Waals surface area contributed by atoms with Gasteiger partial charge in [0.1, 0.15) is 9.88 Å². The van der Waals surface area contributed by atoms with E-state index in [-0.39, 0.29) is 11.4 Å². The average Bonchev–Trinajstić information content (AvgIpc) is 3.48. The fourth-order valence-corrected chi connectivity index (χ4v) is 5.17. The highest BCUT2D eigenvalue weighted by Crippen LogP contribution is 2.43. The van der Waals surface area contributed by atoms with Crippen molar-refractivity contribution in [2.45, 2.75) is 31.1 Å². The Bertz CT molecular complexity index is 1180. The number of hydrogen-bond acceptors (Lipinski definition) is 6. The Hall–Kier alpha value is -3.25. The van der Waals surface area contributed by atoms with Crippen LogP contribution < -0.4 is 5.32 Å². The summed E-state index contributed by atoms with van der Waals surface area (Å²) in [6, 6.07) is 10.1. The SMILES string of the molecule is Cn1cc(CN2CCC3(CC2)NC(=O)c2sc(-c4ccccc4)nc23)cn1.O=C(O)C(F)(F)F. The molecule has 2 aliphatic heterocycles. The highest BCUT2D eigenvalue weighted by molar-refractivity contribution is 7.17. The Kier molecular flexibility index (Phi) is 6.45. The summed E-state index contributed by atoms with van der Waals surface area (Å²) in [6.07, 6.45) is 0.687. The molecule has 0 saturated carbocycles. The molecule has 2 aromatic heterocycles. The average molecular weight is 494 g/mol. The minimum atomic E-state index is -5.08. The standard InChI is InChI=1S/C20H21N5OS.C2HF3O2/c1-24-12-14(11-21-24)13-25-9-7-20(8-10-25)17-16(18(26)23-20)27-19(22-17)15-5-3-2-4-6-15;3-2(4,5)1(6)7/h2-6,11-12H,7-10,13H2,1H3,(H,23,26);(H,6,7). The van der Waals surface area contributed by atoms with Gasteiger partial charge in [-0.15, -0.1) is 11.3 Å². The molecular weight excluding hydrogens is 471 g/mol. The van der Waals surface area contributed by atoms with Gasteiger partial charge in [0.15, 0.2) is 0 Å². The summed E-state index contributed by atoms with van der Waals surface area (Å²) in [7, 11) is 1.94. The van der Waals surface area contributed by atoms with Crippen LogP contribution in [0.15, 0.2) is 42.7 Å². The number of carboxylic acids is 1. The number of benzene rings is 1. The largest absolute Gasteiger partial charge is 0.490 e. The van der Waals surface area contributed by atoms with Gasteiger partial charge in [-0.05, 0) is 12.8 Å². The maximum Gasteiger partial charge on any atom is 0.490 e. The van der Waals surface area contributed by atoms with Crippen LogP contribution in [0.4, 0.5) is 13.2 Å². The van der Waals surface area contributed by atoms with Crippen LogP contribution in [0.1, 0.15) is 33.8 Å². The molecule has 0 unspecified atom stereocenters. The summed E-state index contributed by atoms with van der Waals surface area (Å²) >= 11 is 1.51. The minimum Gasteiger partial charge on any atom is -0.475 e. The molecule has 2 aliphatic rings. The number of nitrogens with zero attached hydrogens (tertiary/aromatic N) is 4. The second-order valence-electron chi connectivity index (χ2n) is 8.20. The van der Waals surface area contributed by atoms with Gasteiger partial charge >= 0.3 is 12.1 Å². The topological polar surface area (TPSA) is 100 Å². The lowest BCUT2D eigenvalue weighted by molar-refractivity contribution is -0.192. The van der Waals surface area contributed by atoms with E-state index in [9.17, 15) is 18.0 Å². The summed E-state index contributed by atoms with van der Waals surface area (Å²) in [5.41, 5.74) is 2.96. The monoisotopic (exact) mass is 493 g/mol. The number of nitrogens with one attached hydrogen (secondary N) is 1. The molecule has 0 radical (unpaired) electrons. The molecule has 8 nitrogen and oxygen atoms in total. The highest BCUT2D eigenvalue weighted by atomic mass is 32.1. The Labute approximate surface area is 197 Å². The van der Waals surface area contributed by atoms with E-state index in [1.807, 2.05) is 36.1 Å². The van der Waals surface area contributed by atoms with Gasteiger partial charge in [0, 0.05) is 44.0 Å². The van der Waals surface area contributed by atoms with E-state index in [1.54, 1.807) is 0 Å². The summed E-state index contributed by atoms with van der Waals surface area (Å²) in [4.78, 5) is 29.6. The number of carbonyl (C=O) groups excluding carboxylic acids is 1. The third-order valence-corrected chi connectivity index (χ3v) is 6.88. The molecule has 1 spiro atoms. The number of fused-ring (bicyclic) bond motifs is 2. The van der Waals surface area contributed by atoms with E-state index in [1.165, 1.54) is 16.9 Å². The van der Waals surface area contributed by atoms with Gasteiger partial charge in [0.2, 0.25) is 0 Å². The van der Waals surface area contributed by atoms with Gasteiger partial charge in [0.25, 0.3) is 5.91 Å². The number of alkyl halides is 3. The second kappa shape index (κ2) is 9.18. The van der Waals surface area contributed by atoms with Crippen LogP contribution in [0.25, 0.3) is 10.6 Å². The van der Waals surface area contributed by atoms with Crippen molar-refractivity contribution >= 4 is 23.2 Å². The summed E-state index contributed by atoms with van der Waals surface area (Å²) < 4.78 is 33.6. The predicted octanol–water partition coefficient (Wildman–Crippen LogP) is 3.41. The Morgan fingerprint density at radius 3 is 2.44 bits per heavy atom. The first-order chi connectivity index (χ1) is 16.1. The number of hydrogen-bond donors (Lipinski definition) is 2. The number of aliphatic carboxylic acids is 1. The molecule has 1 aromatic carbocycles. The van der Waals surface area contributed by atoms with E-state index in [0.717, 1.165) is 53.6 Å². The van der Waals surface area contributed by atoms with E-state index in [0.29, 0.717) is 0 Å². The number of piperidine rings is 1. The van der Waals surface area contributed by atoms with Crippen molar-refractivity contribution in [3.63, 3.8) is 0 Å². The van der Waals surface area contributed by atoms with Gasteiger partial charge in [-0.1, -0.05) is 30.3 Å². The van der Waals surface area contributed by atoms with Gasteiger partial charge in [-0.3, -0.25) is 14.4 Å². The molecule has 1 saturated heterocycles. The molecular formula is C22H22F3N5O3S. The third-order valence-electron chi connectivity index (χ3n) is 5.78. The number of rotatable bonds is 3. The lowest BCUT2D eigenvalue weighted by Crippen LogP contribution is -2.49. The van der Waals surface area contributed by atoms with Crippen LogP contribution in [0, 0.1) is 0 Å². The van der Waals surface area contributed by atoms with Crippen LogP contribution in [0.5, 0.6) is 0 Å². The van der Waals surface area contributed by atoms with Crippen molar-refractivity contribution in [2.24, 2.45) is 7.05 Å². The van der Waals surface area contributed by atoms with Gasteiger partial charge in [-0.25, -0.2) is 9.78 Å². The molecule has 2 N–H and O–H groups in total. The first-order valence-corrected chi connectivity index (χ1v) is 11.3. The van der Waals surface area contributed by atoms with E-state index in [4.69, 9.17) is 14.9 Å². The normalized spacial score (nSPS) is 17.1. The van der Waals surface area contributed by atoms with Gasteiger partial charge < -0.3 is 10.4 Å². The van der Waals surface area contributed by atoms with Crippen molar-refractivity contribution in [3.8, 4) is 10.6 Å². The summed E-state index contributed by atoms with van der Waals surface area (Å²) in [5, 5.41) is 15.6. The number of halogens is 3. The molecule has 0 bridgehead atoms. The van der Waals surface area contributed by atoms with E-state index >= 15 is 0 Å². The quantitative estimate of drug-likeness (QED) is 0.580. The first-order valence-electron chi connectivity index (χ1n) is 10.5. The van der Waals surface area contributed by atoms with Crippen LogP contribution in [0.2, 0.25) is 0 Å². The van der Waals surface area contributed by atoms with Crippen LogP contribution in [0.3, 0.4) is 0 Å². The molecule has 0 atom stereocenters. The Morgan fingerprint density at radius 2 is 1.88 bits per heavy atom. The lowest BCUT2D eigenvalue weighted by Gasteiger charge is -2.38. The minimum absolute atomic E-state index is 0.0328. The number of carbonyl (C=O) groups is 2. The van der Waals surface area contributed by atoms with Gasteiger partial charge in [0.05, 0.1) is 17.4 Å².